The molecule has 1 aromatic rings. The molecular weight excluding hydrogens is 231 g/mol. The number of nitrogens with two attached hydrogens (primary N) is 1. The van der Waals surface area contributed by atoms with Gasteiger partial charge in [0, 0.05) is 16.6 Å². The first-order valence-corrected chi connectivity index (χ1v) is 4.75. The Labute approximate surface area is 90.8 Å². The van der Waals surface area contributed by atoms with Gasteiger partial charge in [0.2, 0.25) is 6.43 Å². The van der Waals surface area contributed by atoms with E-state index in [2.05, 4.69) is 0 Å². The zero-order chi connectivity index (χ0) is 10.7. The molecule has 0 fully saturated rings. The van der Waals surface area contributed by atoms with Crippen LogP contribution in [0.3, 0.4) is 0 Å². The summed E-state index contributed by atoms with van der Waals surface area (Å²) in [5, 5.41) is 0.460. The first kappa shape index (κ1) is 11.7. The molecule has 0 aliphatic rings. The lowest BCUT2D eigenvalue weighted by molar-refractivity contribution is 0.117. The van der Waals surface area contributed by atoms with Gasteiger partial charge in [-0.3, -0.25) is 0 Å². The maximum Gasteiger partial charge on any atom is 0.246 e. The zero-order valence-corrected chi connectivity index (χ0v) is 8.69. The van der Waals surface area contributed by atoms with Crippen molar-refractivity contribution in [2.45, 2.75) is 12.3 Å². The molecule has 0 heterocycles. The Balaban J connectivity index is 3.15. The molecule has 0 saturated heterocycles. The van der Waals surface area contributed by atoms with Crippen LogP contribution in [0.1, 0.15) is 11.5 Å². The lowest BCUT2D eigenvalue weighted by Crippen LogP contribution is -2.20. The fraction of sp³-hybridized carbons (Fsp3) is 0.333. The quantitative estimate of drug-likeness (QED) is 0.861. The minimum absolute atomic E-state index is 0.179. The molecule has 0 bridgehead atoms. The zero-order valence-electron chi connectivity index (χ0n) is 7.18. The van der Waals surface area contributed by atoms with Crippen molar-refractivity contribution in [2.75, 3.05) is 6.54 Å². The molecule has 0 aromatic heterocycles. The minimum atomic E-state index is -2.56. The number of hydrogen-bond acceptors (Lipinski definition) is 1. The van der Waals surface area contributed by atoms with E-state index in [0.717, 1.165) is 0 Å². The molecular formula is C9H9Cl2F2N. The highest BCUT2D eigenvalue weighted by molar-refractivity contribution is 6.36. The van der Waals surface area contributed by atoms with Crippen LogP contribution in [0.25, 0.3) is 0 Å². The Kier molecular flexibility index (Phi) is 4.11. The summed E-state index contributed by atoms with van der Waals surface area (Å²) in [5.41, 5.74) is 5.48. The van der Waals surface area contributed by atoms with E-state index in [1.807, 2.05) is 0 Å². The molecule has 1 aromatic carbocycles. The second-order valence-corrected chi connectivity index (χ2v) is 3.63. The van der Waals surface area contributed by atoms with Crippen LogP contribution in [0.2, 0.25) is 10.0 Å². The third-order valence-corrected chi connectivity index (χ3v) is 2.59. The second kappa shape index (κ2) is 4.91. The Hall–Kier alpha value is -0.380. The van der Waals surface area contributed by atoms with Gasteiger partial charge in [-0.25, -0.2) is 8.78 Å². The molecule has 0 amide bonds. The Morgan fingerprint density at radius 1 is 1.21 bits per heavy atom. The Bertz CT molecular complexity index is 297. The molecule has 0 radical (unpaired) electrons. The summed E-state index contributed by atoms with van der Waals surface area (Å²) < 4.78 is 25.1. The third kappa shape index (κ3) is 2.35. The van der Waals surface area contributed by atoms with Crippen LogP contribution in [0.5, 0.6) is 0 Å². The van der Waals surface area contributed by atoms with E-state index in [0.29, 0.717) is 0 Å². The summed E-state index contributed by atoms with van der Waals surface area (Å²) >= 11 is 11.5. The van der Waals surface area contributed by atoms with Crippen molar-refractivity contribution in [3.8, 4) is 0 Å². The summed E-state index contributed by atoms with van der Waals surface area (Å²) in [7, 11) is 0. The average Bonchev–Trinajstić information content (AvgIpc) is 2.10. The van der Waals surface area contributed by atoms with Crippen molar-refractivity contribution in [3.05, 3.63) is 33.8 Å². The van der Waals surface area contributed by atoms with Gasteiger partial charge in [0.25, 0.3) is 0 Å². The SMILES string of the molecule is NCC(c1c(Cl)cccc1Cl)C(F)F. The normalized spacial score (nSPS) is 13.3. The van der Waals surface area contributed by atoms with Crippen LogP contribution in [0, 0.1) is 0 Å². The van der Waals surface area contributed by atoms with Crippen LogP contribution in [-0.4, -0.2) is 13.0 Å². The van der Waals surface area contributed by atoms with Crippen molar-refractivity contribution in [2.24, 2.45) is 5.73 Å². The van der Waals surface area contributed by atoms with Crippen LogP contribution >= 0.6 is 23.2 Å². The van der Waals surface area contributed by atoms with E-state index in [9.17, 15) is 8.78 Å². The standard InChI is InChI=1S/C9H9Cl2F2N/c10-6-2-1-3-7(11)8(6)5(4-14)9(12)13/h1-3,5,9H,4,14H2. The third-order valence-electron chi connectivity index (χ3n) is 1.93. The Morgan fingerprint density at radius 2 is 1.71 bits per heavy atom. The number of halogens is 4. The summed E-state index contributed by atoms with van der Waals surface area (Å²) in [5.74, 6) is -1.10. The maximum absolute atomic E-state index is 12.5. The topological polar surface area (TPSA) is 26.0 Å². The van der Waals surface area contributed by atoms with Crippen molar-refractivity contribution in [1.29, 1.82) is 0 Å². The summed E-state index contributed by atoms with van der Waals surface area (Å²) in [6.07, 6.45) is -2.56. The van der Waals surface area contributed by atoms with Gasteiger partial charge in [-0.2, -0.15) is 0 Å². The fourth-order valence-corrected chi connectivity index (χ4v) is 1.89. The molecule has 0 aliphatic carbocycles. The Morgan fingerprint density at radius 3 is 2.07 bits per heavy atom. The van der Waals surface area contributed by atoms with Crippen molar-refractivity contribution >= 4 is 23.2 Å². The molecule has 14 heavy (non-hydrogen) atoms. The van der Waals surface area contributed by atoms with Crippen LogP contribution < -0.4 is 5.73 Å². The molecule has 1 unspecified atom stereocenters. The van der Waals surface area contributed by atoms with E-state index < -0.39 is 12.3 Å². The largest absolute Gasteiger partial charge is 0.330 e. The smallest absolute Gasteiger partial charge is 0.246 e. The molecule has 0 aliphatic heterocycles. The van der Waals surface area contributed by atoms with Crippen molar-refractivity contribution < 1.29 is 8.78 Å². The summed E-state index contributed by atoms with van der Waals surface area (Å²) in [4.78, 5) is 0. The van der Waals surface area contributed by atoms with Gasteiger partial charge in [-0.1, -0.05) is 29.3 Å². The van der Waals surface area contributed by atoms with Gasteiger partial charge in [0.1, 0.15) is 0 Å². The van der Waals surface area contributed by atoms with E-state index in [4.69, 9.17) is 28.9 Å². The van der Waals surface area contributed by atoms with Gasteiger partial charge in [-0.15, -0.1) is 0 Å². The number of benzene rings is 1. The highest BCUT2D eigenvalue weighted by Gasteiger charge is 2.25. The molecule has 0 spiro atoms. The predicted molar refractivity (Wildman–Crippen MR) is 54.3 cm³/mol. The van der Waals surface area contributed by atoms with E-state index in [1.54, 1.807) is 6.07 Å². The molecule has 5 heteroatoms. The number of hydrogen-bond donors (Lipinski definition) is 1. The fourth-order valence-electron chi connectivity index (χ4n) is 1.21. The lowest BCUT2D eigenvalue weighted by Gasteiger charge is -2.16. The van der Waals surface area contributed by atoms with Crippen molar-refractivity contribution in [3.63, 3.8) is 0 Å². The minimum Gasteiger partial charge on any atom is -0.330 e. The molecule has 1 nitrogen and oxygen atoms in total. The number of rotatable bonds is 3. The van der Waals surface area contributed by atoms with Crippen LogP contribution in [0.15, 0.2) is 18.2 Å². The maximum atomic E-state index is 12.5. The van der Waals surface area contributed by atoms with Gasteiger partial charge >= 0.3 is 0 Å². The molecule has 1 rings (SSSR count). The second-order valence-electron chi connectivity index (χ2n) is 2.81. The van der Waals surface area contributed by atoms with E-state index in [1.165, 1.54) is 12.1 Å². The van der Waals surface area contributed by atoms with Crippen LogP contribution in [0.4, 0.5) is 8.78 Å². The van der Waals surface area contributed by atoms with Gasteiger partial charge in [0.15, 0.2) is 0 Å². The summed E-state index contributed by atoms with van der Waals surface area (Å²) in [6.45, 7) is -0.179. The number of alkyl halides is 2. The molecule has 0 saturated carbocycles. The monoisotopic (exact) mass is 239 g/mol. The van der Waals surface area contributed by atoms with Gasteiger partial charge < -0.3 is 5.73 Å². The predicted octanol–water partition coefficient (Wildman–Crippen LogP) is 3.30. The molecule has 2 N–H and O–H groups in total. The van der Waals surface area contributed by atoms with E-state index >= 15 is 0 Å². The first-order valence-electron chi connectivity index (χ1n) is 4.00. The summed E-state index contributed by atoms with van der Waals surface area (Å²) in [6, 6.07) is 4.65. The van der Waals surface area contributed by atoms with Gasteiger partial charge in [0.05, 0.1) is 5.92 Å². The highest BCUT2D eigenvalue weighted by atomic mass is 35.5. The average molecular weight is 240 g/mol. The molecule has 78 valence electrons. The first-order chi connectivity index (χ1) is 6.57. The van der Waals surface area contributed by atoms with E-state index in [-0.39, 0.29) is 22.2 Å². The van der Waals surface area contributed by atoms with Gasteiger partial charge in [-0.05, 0) is 17.7 Å². The van der Waals surface area contributed by atoms with Crippen molar-refractivity contribution in [1.82, 2.24) is 0 Å². The lowest BCUT2D eigenvalue weighted by atomic mass is 10.00. The highest BCUT2D eigenvalue weighted by Crippen LogP contribution is 2.34. The molecule has 1 atom stereocenters. The van der Waals surface area contributed by atoms with Crippen LogP contribution in [-0.2, 0) is 0 Å².